The Balaban J connectivity index is 1.90. The molecule has 1 saturated carbocycles. The molecule has 1 atom stereocenters. The van der Waals surface area contributed by atoms with E-state index in [2.05, 4.69) is 11.1 Å². The number of sulfone groups is 1. The average Bonchev–Trinajstić information content (AvgIpc) is 3.70. The van der Waals surface area contributed by atoms with Crippen LogP contribution in [0.1, 0.15) is 80.4 Å². The Morgan fingerprint density at radius 1 is 1.17 bits per heavy atom. The second-order valence-electron chi connectivity index (χ2n) is 8.97. The van der Waals surface area contributed by atoms with Crippen molar-refractivity contribution in [3.63, 3.8) is 0 Å². The van der Waals surface area contributed by atoms with Crippen molar-refractivity contribution in [2.75, 3.05) is 0 Å². The van der Waals surface area contributed by atoms with E-state index >= 15 is 0 Å². The molecule has 2 aromatic carbocycles. The highest BCUT2D eigenvalue weighted by atomic mass is 32.2. The van der Waals surface area contributed by atoms with Gasteiger partial charge in [-0.1, -0.05) is 44.5 Å². The fourth-order valence-electron chi connectivity index (χ4n) is 4.45. The summed E-state index contributed by atoms with van der Waals surface area (Å²) < 4.78 is 28.5. The van der Waals surface area contributed by atoms with Gasteiger partial charge in [0.15, 0.2) is 4.90 Å². The second-order valence-corrected chi connectivity index (χ2v) is 10.9. The van der Waals surface area contributed by atoms with Crippen molar-refractivity contribution in [1.82, 2.24) is 9.55 Å². The molecule has 8 heteroatoms. The molecule has 4 rings (SSSR count). The number of nitriles is 1. The molecule has 1 N–H and O–H groups in total. The van der Waals surface area contributed by atoms with Crippen LogP contribution in [0.25, 0.3) is 0 Å². The van der Waals surface area contributed by atoms with Crippen LogP contribution in [0.15, 0.2) is 63.1 Å². The van der Waals surface area contributed by atoms with Gasteiger partial charge in [-0.2, -0.15) is 10.2 Å². The minimum Gasteiger partial charge on any atom is -0.492 e. The first-order valence-electron chi connectivity index (χ1n) is 12.0. The molecule has 3 aromatic rings. The summed E-state index contributed by atoms with van der Waals surface area (Å²) in [4.78, 5) is 17.3. The number of unbranched alkanes of at least 4 members (excludes halogenated alkanes) is 1. The quantitative estimate of drug-likeness (QED) is 0.457. The van der Waals surface area contributed by atoms with Crippen LogP contribution in [0.4, 0.5) is 0 Å². The largest absolute Gasteiger partial charge is 0.492 e. The van der Waals surface area contributed by atoms with E-state index in [-0.39, 0.29) is 4.90 Å². The van der Waals surface area contributed by atoms with Gasteiger partial charge in [0.2, 0.25) is 15.7 Å². The van der Waals surface area contributed by atoms with Gasteiger partial charge in [0.25, 0.3) is 5.56 Å². The van der Waals surface area contributed by atoms with Gasteiger partial charge < -0.3 is 5.11 Å². The van der Waals surface area contributed by atoms with Gasteiger partial charge in [0.1, 0.15) is 5.82 Å². The van der Waals surface area contributed by atoms with Crippen LogP contribution in [0.3, 0.4) is 0 Å². The highest BCUT2D eigenvalue weighted by Gasteiger charge is 2.32. The molecule has 1 heterocycles. The van der Waals surface area contributed by atoms with E-state index in [9.17, 15) is 23.6 Å². The summed E-state index contributed by atoms with van der Waals surface area (Å²) in [6.45, 7) is 3.89. The van der Waals surface area contributed by atoms with Crippen LogP contribution in [-0.2, 0) is 16.3 Å². The summed E-state index contributed by atoms with van der Waals surface area (Å²) >= 11 is 0. The highest BCUT2D eigenvalue weighted by molar-refractivity contribution is 7.91. The van der Waals surface area contributed by atoms with Gasteiger partial charge in [-0.05, 0) is 67.0 Å². The molecule has 7 nitrogen and oxygen atoms in total. The zero-order chi connectivity index (χ0) is 25.2. The zero-order valence-corrected chi connectivity index (χ0v) is 20.8. The van der Waals surface area contributed by atoms with Crippen molar-refractivity contribution in [1.29, 1.82) is 5.26 Å². The summed E-state index contributed by atoms with van der Waals surface area (Å²) in [6, 6.07) is 15.0. The van der Waals surface area contributed by atoms with Crippen LogP contribution in [0.5, 0.6) is 5.88 Å². The van der Waals surface area contributed by atoms with E-state index in [1.807, 2.05) is 19.9 Å². The number of hydrogen-bond acceptors (Lipinski definition) is 6. The van der Waals surface area contributed by atoms with Gasteiger partial charge in [-0.15, -0.1) is 0 Å². The first-order valence-corrected chi connectivity index (χ1v) is 13.5. The van der Waals surface area contributed by atoms with E-state index in [4.69, 9.17) is 0 Å². The van der Waals surface area contributed by atoms with Gasteiger partial charge in [0, 0.05) is 6.42 Å². The molecule has 0 saturated heterocycles. The summed E-state index contributed by atoms with van der Waals surface area (Å²) in [7, 11) is -4.32. The number of aromatic hydroxyl groups is 1. The van der Waals surface area contributed by atoms with Crippen LogP contribution in [-0.4, -0.2) is 23.1 Å². The fraction of sp³-hybridized carbons (Fsp3) is 0.370. The lowest BCUT2D eigenvalue weighted by molar-refractivity contribution is 0.406. The van der Waals surface area contributed by atoms with Crippen molar-refractivity contribution in [3.05, 3.63) is 81.4 Å². The van der Waals surface area contributed by atoms with Gasteiger partial charge in [-0.25, -0.2) is 8.42 Å². The lowest BCUT2D eigenvalue weighted by atomic mass is 10.0. The van der Waals surface area contributed by atoms with Crippen molar-refractivity contribution < 1.29 is 13.5 Å². The number of hydrogen-bond donors (Lipinski definition) is 1. The molecular formula is C27H29N3O4S. The third kappa shape index (κ3) is 4.87. The van der Waals surface area contributed by atoms with E-state index in [1.54, 1.807) is 30.3 Å². The summed E-state index contributed by atoms with van der Waals surface area (Å²) in [5, 5.41) is 20.0. The maximum absolute atomic E-state index is 13.8. The average molecular weight is 492 g/mol. The van der Waals surface area contributed by atoms with Crippen molar-refractivity contribution in [3.8, 4) is 11.9 Å². The summed E-state index contributed by atoms with van der Waals surface area (Å²) in [5.74, 6) is 0.0160. The minimum absolute atomic E-state index is 0.0523. The first-order chi connectivity index (χ1) is 16.8. The van der Waals surface area contributed by atoms with Crippen LogP contribution < -0.4 is 5.56 Å². The lowest BCUT2D eigenvalue weighted by Crippen LogP contribution is -2.33. The first kappa shape index (κ1) is 24.7. The van der Waals surface area contributed by atoms with Gasteiger partial charge >= 0.3 is 0 Å². The molecule has 0 amide bonds. The van der Waals surface area contributed by atoms with Crippen molar-refractivity contribution in [2.45, 2.75) is 74.1 Å². The SMILES string of the molecule is CCCCc1nc(O)c(S(=O)(=O)c2ccc(C3CC3)cc2)c(=O)n1C(CC)c1cccc(C#N)c1. The predicted octanol–water partition coefficient (Wildman–Crippen LogP) is 4.87. The topological polar surface area (TPSA) is 113 Å². The van der Waals surface area contributed by atoms with E-state index in [0.29, 0.717) is 35.7 Å². The number of aryl methyl sites for hydroxylation is 1. The molecule has 0 spiro atoms. The smallest absolute Gasteiger partial charge is 0.277 e. The molecule has 1 aromatic heterocycles. The Bertz CT molecular complexity index is 1430. The van der Waals surface area contributed by atoms with Crippen molar-refractivity contribution in [2.24, 2.45) is 0 Å². The Kier molecular flexibility index (Phi) is 7.08. The lowest BCUT2D eigenvalue weighted by Gasteiger charge is -2.23. The molecule has 1 unspecified atom stereocenters. The number of nitrogens with zero attached hydrogens (tertiary/aromatic N) is 3. The molecule has 1 aliphatic rings. The molecule has 1 fully saturated rings. The number of benzene rings is 2. The van der Waals surface area contributed by atoms with E-state index in [1.165, 1.54) is 16.7 Å². The minimum atomic E-state index is -4.32. The molecule has 35 heavy (non-hydrogen) atoms. The molecular weight excluding hydrogens is 462 g/mol. The molecule has 182 valence electrons. The van der Waals surface area contributed by atoms with E-state index in [0.717, 1.165) is 31.2 Å². The normalized spacial score (nSPS) is 14.4. The van der Waals surface area contributed by atoms with E-state index < -0.39 is 32.2 Å². The molecule has 0 bridgehead atoms. The van der Waals surface area contributed by atoms with Crippen LogP contribution in [0.2, 0.25) is 0 Å². The summed E-state index contributed by atoms with van der Waals surface area (Å²) in [6.07, 6.45) is 4.61. The monoisotopic (exact) mass is 491 g/mol. The maximum Gasteiger partial charge on any atom is 0.277 e. The molecule has 1 aliphatic carbocycles. The third-order valence-electron chi connectivity index (χ3n) is 6.49. The fourth-order valence-corrected chi connectivity index (χ4v) is 5.80. The standard InChI is InChI=1S/C27H29N3O4S/c1-3-5-9-24-29-26(31)25(35(33,34)22-14-12-20(13-15-22)19-10-11-19)27(32)30(24)23(4-2)21-8-6-7-18(16-21)17-28/h6-8,12-16,19,23,31H,3-5,9-11H2,1-2H3. The maximum atomic E-state index is 13.8. The van der Waals surface area contributed by atoms with Gasteiger partial charge in [-0.3, -0.25) is 9.36 Å². The van der Waals surface area contributed by atoms with Crippen LogP contribution >= 0.6 is 0 Å². The predicted molar refractivity (Wildman–Crippen MR) is 132 cm³/mol. The second kappa shape index (κ2) is 10.0. The third-order valence-corrected chi connectivity index (χ3v) is 8.28. The van der Waals surface area contributed by atoms with Crippen LogP contribution in [0, 0.1) is 11.3 Å². The Morgan fingerprint density at radius 3 is 2.49 bits per heavy atom. The van der Waals surface area contributed by atoms with Gasteiger partial charge in [0.05, 0.1) is 22.6 Å². The van der Waals surface area contributed by atoms with Crippen molar-refractivity contribution >= 4 is 9.84 Å². The summed E-state index contributed by atoms with van der Waals surface area (Å²) in [5.41, 5.74) is 1.42. The Labute approximate surface area is 205 Å². The zero-order valence-electron chi connectivity index (χ0n) is 19.9. The molecule has 0 aliphatic heterocycles. The highest BCUT2D eigenvalue weighted by Crippen LogP contribution is 2.40. The molecule has 0 radical (unpaired) electrons. The Morgan fingerprint density at radius 2 is 1.89 bits per heavy atom. The number of aromatic nitrogens is 2. The number of rotatable bonds is 9. The Hall–Kier alpha value is -3.44.